The summed E-state index contributed by atoms with van der Waals surface area (Å²) in [5.41, 5.74) is 16.3. The van der Waals surface area contributed by atoms with Crippen molar-refractivity contribution >= 4 is 29.6 Å². The van der Waals surface area contributed by atoms with Gasteiger partial charge in [0.2, 0.25) is 23.6 Å². The molecule has 0 fully saturated rings. The SMILES string of the molecule is CC(C)CC(N)C(=O)NC(CO)C(=O)NC(CCC(N)=O)C(=O)NC(CCCCN)C(=O)O. The molecule has 0 saturated carbocycles. The van der Waals surface area contributed by atoms with Gasteiger partial charge >= 0.3 is 5.97 Å². The van der Waals surface area contributed by atoms with Gasteiger partial charge in [0.15, 0.2) is 0 Å². The standard InChI is InChI=1S/C20H38N6O7/c1-11(2)9-12(22)17(29)26-15(10-27)19(31)24-13(6-7-16(23)28)18(30)25-14(20(32)33)5-3-4-8-21/h11-15,27H,3-10,21-22H2,1-2H3,(H2,23,28)(H,24,31)(H,25,30)(H,26,29)(H,32,33). The van der Waals surface area contributed by atoms with E-state index in [0.29, 0.717) is 25.8 Å². The number of primary amides is 1. The summed E-state index contributed by atoms with van der Waals surface area (Å²) >= 11 is 0. The van der Waals surface area contributed by atoms with E-state index in [0.717, 1.165) is 0 Å². The van der Waals surface area contributed by atoms with E-state index in [4.69, 9.17) is 17.2 Å². The highest BCUT2D eigenvalue weighted by atomic mass is 16.4. The zero-order chi connectivity index (χ0) is 25.6. The Morgan fingerprint density at radius 2 is 1.39 bits per heavy atom. The molecule has 0 aromatic rings. The van der Waals surface area contributed by atoms with Crippen molar-refractivity contribution in [2.75, 3.05) is 13.2 Å². The fourth-order valence-corrected chi connectivity index (χ4v) is 2.94. The van der Waals surface area contributed by atoms with Crippen LogP contribution in [-0.2, 0) is 24.0 Å². The van der Waals surface area contributed by atoms with Gasteiger partial charge in [-0.3, -0.25) is 19.2 Å². The molecule has 13 heteroatoms. The monoisotopic (exact) mass is 474 g/mol. The summed E-state index contributed by atoms with van der Waals surface area (Å²) in [6.45, 7) is 3.33. The lowest BCUT2D eigenvalue weighted by molar-refractivity contribution is -0.142. The maximum absolute atomic E-state index is 12.7. The Morgan fingerprint density at radius 3 is 1.88 bits per heavy atom. The van der Waals surface area contributed by atoms with Crippen LogP contribution in [0.5, 0.6) is 0 Å². The Bertz CT molecular complexity index is 673. The van der Waals surface area contributed by atoms with Crippen molar-refractivity contribution in [3.8, 4) is 0 Å². The smallest absolute Gasteiger partial charge is 0.326 e. The average molecular weight is 475 g/mol. The second-order valence-corrected chi connectivity index (χ2v) is 8.23. The summed E-state index contributed by atoms with van der Waals surface area (Å²) in [6, 6.07) is -4.85. The fourth-order valence-electron chi connectivity index (χ4n) is 2.94. The number of amides is 4. The minimum Gasteiger partial charge on any atom is -0.480 e. The van der Waals surface area contributed by atoms with Crippen molar-refractivity contribution in [3.05, 3.63) is 0 Å². The number of aliphatic hydroxyl groups excluding tert-OH is 1. The number of hydrogen-bond donors (Lipinski definition) is 8. The molecule has 0 aliphatic heterocycles. The number of unbranched alkanes of at least 4 members (excludes halogenated alkanes) is 1. The molecule has 13 nitrogen and oxygen atoms in total. The van der Waals surface area contributed by atoms with Crippen LogP contribution in [0.1, 0.15) is 52.4 Å². The van der Waals surface area contributed by atoms with Crippen LogP contribution in [0.2, 0.25) is 0 Å². The average Bonchev–Trinajstić information content (AvgIpc) is 2.72. The van der Waals surface area contributed by atoms with Crippen molar-refractivity contribution in [1.29, 1.82) is 0 Å². The normalized spacial score (nSPS) is 14.6. The molecule has 190 valence electrons. The molecule has 0 spiro atoms. The summed E-state index contributed by atoms with van der Waals surface area (Å²) in [5, 5.41) is 25.9. The Balaban J connectivity index is 5.29. The predicted molar refractivity (Wildman–Crippen MR) is 119 cm³/mol. The fraction of sp³-hybridized carbons (Fsp3) is 0.750. The highest BCUT2D eigenvalue weighted by molar-refractivity contribution is 5.94. The number of hydrogen-bond acceptors (Lipinski definition) is 8. The molecular weight excluding hydrogens is 436 g/mol. The molecule has 0 bridgehead atoms. The van der Waals surface area contributed by atoms with Crippen LogP contribution in [0.4, 0.5) is 0 Å². The molecule has 0 aromatic carbocycles. The molecule has 4 unspecified atom stereocenters. The van der Waals surface area contributed by atoms with Gasteiger partial charge in [0.25, 0.3) is 0 Å². The van der Waals surface area contributed by atoms with E-state index in [9.17, 15) is 34.2 Å². The number of aliphatic hydroxyl groups is 1. The minimum absolute atomic E-state index is 0.123. The van der Waals surface area contributed by atoms with Crippen LogP contribution in [0.15, 0.2) is 0 Å². The van der Waals surface area contributed by atoms with Crippen molar-refractivity contribution in [2.24, 2.45) is 23.1 Å². The third-order valence-corrected chi connectivity index (χ3v) is 4.75. The first-order valence-corrected chi connectivity index (χ1v) is 10.9. The second-order valence-electron chi connectivity index (χ2n) is 8.23. The lowest BCUT2D eigenvalue weighted by Gasteiger charge is -2.24. The first-order chi connectivity index (χ1) is 15.4. The summed E-state index contributed by atoms with van der Waals surface area (Å²) < 4.78 is 0. The Labute approximate surface area is 193 Å². The van der Waals surface area contributed by atoms with Crippen LogP contribution in [0, 0.1) is 5.92 Å². The van der Waals surface area contributed by atoms with Gasteiger partial charge in [-0.1, -0.05) is 13.8 Å². The van der Waals surface area contributed by atoms with Gasteiger partial charge in [0, 0.05) is 6.42 Å². The molecule has 0 saturated heterocycles. The molecular formula is C20H38N6O7. The van der Waals surface area contributed by atoms with Gasteiger partial charge in [0.1, 0.15) is 18.1 Å². The van der Waals surface area contributed by atoms with Crippen molar-refractivity contribution in [2.45, 2.75) is 76.5 Å². The molecule has 33 heavy (non-hydrogen) atoms. The summed E-state index contributed by atoms with van der Waals surface area (Å²) in [7, 11) is 0. The third-order valence-electron chi connectivity index (χ3n) is 4.75. The number of carboxylic acid groups (broad SMARTS) is 1. The Kier molecular flexibility index (Phi) is 14.6. The second kappa shape index (κ2) is 15.9. The van der Waals surface area contributed by atoms with Gasteiger partial charge in [0.05, 0.1) is 12.6 Å². The van der Waals surface area contributed by atoms with E-state index in [-0.39, 0.29) is 25.2 Å². The van der Waals surface area contributed by atoms with E-state index < -0.39 is 60.4 Å². The van der Waals surface area contributed by atoms with Gasteiger partial charge in [-0.15, -0.1) is 0 Å². The number of carbonyl (C=O) groups excluding carboxylic acids is 4. The summed E-state index contributed by atoms with van der Waals surface area (Å²) in [4.78, 5) is 60.1. The van der Waals surface area contributed by atoms with Crippen LogP contribution in [-0.4, -0.2) is 77.1 Å². The largest absolute Gasteiger partial charge is 0.480 e. The molecule has 0 aliphatic carbocycles. The van der Waals surface area contributed by atoms with Crippen molar-refractivity contribution in [3.63, 3.8) is 0 Å². The molecule has 0 aliphatic rings. The zero-order valence-corrected chi connectivity index (χ0v) is 19.2. The molecule has 0 aromatic heterocycles. The van der Waals surface area contributed by atoms with E-state index in [1.165, 1.54) is 0 Å². The molecule has 0 radical (unpaired) electrons. The first-order valence-electron chi connectivity index (χ1n) is 10.9. The maximum Gasteiger partial charge on any atom is 0.326 e. The van der Waals surface area contributed by atoms with E-state index >= 15 is 0 Å². The van der Waals surface area contributed by atoms with Crippen LogP contribution in [0.3, 0.4) is 0 Å². The first kappa shape index (κ1) is 30.2. The number of carboxylic acids is 1. The quantitative estimate of drug-likeness (QED) is 0.102. The van der Waals surface area contributed by atoms with E-state index in [2.05, 4.69) is 16.0 Å². The lowest BCUT2D eigenvalue weighted by Crippen LogP contribution is -2.58. The molecule has 0 heterocycles. The van der Waals surface area contributed by atoms with E-state index in [1.54, 1.807) is 0 Å². The maximum atomic E-state index is 12.7. The minimum atomic E-state index is -1.40. The van der Waals surface area contributed by atoms with Crippen molar-refractivity contribution in [1.82, 2.24) is 16.0 Å². The molecule has 4 amide bonds. The van der Waals surface area contributed by atoms with Crippen LogP contribution < -0.4 is 33.2 Å². The number of carbonyl (C=O) groups is 5. The topological polar surface area (TPSA) is 240 Å². The van der Waals surface area contributed by atoms with Crippen LogP contribution >= 0.6 is 0 Å². The molecule has 4 atom stereocenters. The Morgan fingerprint density at radius 1 is 0.848 bits per heavy atom. The number of rotatable bonds is 17. The summed E-state index contributed by atoms with van der Waals surface area (Å²) in [6.07, 6.45) is 1.03. The Hall–Kier alpha value is -2.77. The van der Waals surface area contributed by atoms with Gasteiger partial charge < -0.3 is 43.4 Å². The van der Waals surface area contributed by atoms with Crippen LogP contribution in [0.25, 0.3) is 0 Å². The predicted octanol–water partition coefficient (Wildman–Crippen LogP) is -2.71. The van der Waals surface area contributed by atoms with Crippen molar-refractivity contribution < 1.29 is 34.2 Å². The number of nitrogens with one attached hydrogen (secondary N) is 3. The lowest BCUT2D eigenvalue weighted by atomic mass is 10.0. The van der Waals surface area contributed by atoms with E-state index in [1.807, 2.05) is 13.8 Å². The third kappa shape index (κ3) is 12.7. The highest BCUT2D eigenvalue weighted by Gasteiger charge is 2.30. The highest BCUT2D eigenvalue weighted by Crippen LogP contribution is 2.05. The van der Waals surface area contributed by atoms with Gasteiger partial charge in [-0.25, -0.2) is 4.79 Å². The van der Waals surface area contributed by atoms with Gasteiger partial charge in [-0.2, -0.15) is 0 Å². The summed E-state index contributed by atoms with van der Waals surface area (Å²) in [5.74, 6) is -4.26. The molecule has 0 rings (SSSR count). The number of nitrogens with two attached hydrogens (primary N) is 3. The molecule has 11 N–H and O–H groups in total. The number of aliphatic carboxylic acids is 1. The zero-order valence-electron chi connectivity index (χ0n) is 19.2. The van der Waals surface area contributed by atoms with Gasteiger partial charge in [-0.05, 0) is 44.6 Å².